The Morgan fingerprint density at radius 1 is 0.594 bits per heavy atom. The maximum atomic E-state index is 5.34. The molecule has 0 saturated heterocycles. The monoisotopic (exact) mass is 419 g/mol. The average molecular weight is 420 g/mol. The first-order chi connectivity index (χ1) is 15.5. The molecule has 0 amide bonds. The van der Waals surface area contributed by atoms with Crippen molar-refractivity contribution in [3.05, 3.63) is 119 Å². The lowest BCUT2D eigenvalue weighted by atomic mass is 10.00. The molecule has 0 saturated carbocycles. The lowest BCUT2D eigenvalue weighted by Gasteiger charge is -2.25. The summed E-state index contributed by atoms with van der Waals surface area (Å²) in [4.78, 5) is 2.25. The van der Waals surface area contributed by atoms with Crippen molar-refractivity contribution in [3.8, 4) is 5.75 Å². The van der Waals surface area contributed by atoms with E-state index in [-0.39, 0.29) is 0 Å². The predicted molar refractivity (Wildman–Crippen MR) is 137 cm³/mol. The van der Waals surface area contributed by atoms with Crippen LogP contribution in [0.3, 0.4) is 0 Å². The molecule has 0 bridgehead atoms. The standard InChI is InChI=1S/C30H29NO/c1-22-20-24(3)26(21-23(22)2)13-10-25-11-14-28(15-12-25)31(27-8-6-5-7-9-27)29-16-18-30(32-4)19-17-29/h5-21H,1-4H3. The molecular formula is C30H29NO. The number of aryl methyl sites for hydroxylation is 3. The molecule has 0 spiro atoms. The zero-order valence-electron chi connectivity index (χ0n) is 19.2. The number of nitrogens with zero attached hydrogens (tertiary/aromatic N) is 1. The Labute approximate surface area is 191 Å². The van der Waals surface area contributed by atoms with Crippen molar-refractivity contribution < 1.29 is 4.74 Å². The predicted octanol–water partition coefficient (Wildman–Crippen LogP) is 8.26. The van der Waals surface area contributed by atoms with E-state index >= 15 is 0 Å². The molecule has 0 unspecified atom stereocenters. The van der Waals surface area contributed by atoms with Gasteiger partial charge in [0.1, 0.15) is 5.75 Å². The smallest absolute Gasteiger partial charge is 0.119 e. The Morgan fingerprint density at radius 3 is 1.78 bits per heavy atom. The van der Waals surface area contributed by atoms with Gasteiger partial charge >= 0.3 is 0 Å². The van der Waals surface area contributed by atoms with Gasteiger partial charge in [0.05, 0.1) is 7.11 Å². The number of para-hydroxylation sites is 1. The minimum atomic E-state index is 0.851. The summed E-state index contributed by atoms with van der Waals surface area (Å²) >= 11 is 0. The number of rotatable bonds is 6. The molecule has 0 aliphatic carbocycles. The van der Waals surface area contributed by atoms with Gasteiger partial charge in [0.25, 0.3) is 0 Å². The minimum absolute atomic E-state index is 0.851. The summed E-state index contributed by atoms with van der Waals surface area (Å²) in [5.74, 6) is 0.851. The summed E-state index contributed by atoms with van der Waals surface area (Å²) in [6.07, 6.45) is 4.39. The number of anilines is 3. The van der Waals surface area contributed by atoms with Gasteiger partial charge in [-0.15, -0.1) is 0 Å². The van der Waals surface area contributed by atoms with Crippen LogP contribution >= 0.6 is 0 Å². The van der Waals surface area contributed by atoms with Crippen molar-refractivity contribution in [1.82, 2.24) is 0 Å². The number of hydrogen-bond acceptors (Lipinski definition) is 2. The van der Waals surface area contributed by atoms with Crippen LogP contribution in [0.5, 0.6) is 5.75 Å². The number of methoxy groups -OCH3 is 1. The van der Waals surface area contributed by atoms with Crippen molar-refractivity contribution in [2.75, 3.05) is 12.0 Å². The molecule has 0 aromatic heterocycles. The van der Waals surface area contributed by atoms with Crippen molar-refractivity contribution in [2.45, 2.75) is 20.8 Å². The molecule has 0 N–H and O–H groups in total. The van der Waals surface area contributed by atoms with E-state index in [9.17, 15) is 0 Å². The highest BCUT2D eigenvalue weighted by atomic mass is 16.5. The van der Waals surface area contributed by atoms with Gasteiger partial charge < -0.3 is 9.64 Å². The normalized spacial score (nSPS) is 11.0. The van der Waals surface area contributed by atoms with Crippen LogP contribution < -0.4 is 9.64 Å². The van der Waals surface area contributed by atoms with Crippen LogP contribution in [0.1, 0.15) is 27.8 Å². The molecule has 0 atom stereocenters. The second kappa shape index (κ2) is 9.57. The van der Waals surface area contributed by atoms with Crippen LogP contribution in [0.25, 0.3) is 12.2 Å². The van der Waals surface area contributed by atoms with Gasteiger partial charge in [-0.05, 0) is 97.1 Å². The SMILES string of the molecule is COc1ccc(N(c2ccccc2)c2ccc(C=Cc3cc(C)c(C)cc3C)cc2)cc1. The Bertz CT molecular complexity index is 1210. The van der Waals surface area contributed by atoms with E-state index in [4.69, 9.17) is 4.74 Å². The maximum absolute atomic E-state index is 5.34. The second-order valence-electron chi connectivity index (χ2n) is 8.09. The highest BCUT2D eigenvalue weighted by molar-refractivity contribution is 5.78. The van der Waals surface area contributed by atoms with E-state index in [1.807, 2.05) is 18.2 Å². The van der Waals surface area contributed by atoms with Gasteiger partial charge in [-0.1, -0.05) is 54.6 Å². The van der Waals surface area contributed by atoms with Gasteiger partial charge in [0, 0.05) is 17.1 Å². The Balaban J connectivity index is 1.64. The third-order valence-electron chi connectivity index (χ3n) is 5.83. The average Bonchev–Trinajstić information content (AvgIpc) is 2.83. The molecule has 2 nitrogen and oxygen atoms in total. The fourth-order valence-corrected chi connectivity index (χ4v) is 3.84. The molecule has 2 heteroatoms. The zero-order valence-corrected chi connectivity index (χ0v) is 19.2. The highest BCUT2D eigenvalue weighted by Crippen LogP contribution is 2.35. The van der Waals surface area contributed by atoms with E-state index in [2.05, 4.69) is 111 Å². The maximum Gasteiger partial charge on any atom is 0.119 e. The summed E-state index contributed by atoms with van der Waals surface area (Å²) in [5, 5.41) is 0. The van der Waals surface area contributed by atoms with Gasteiger partial charge in [-0.3, -0.25) is 0 Å². The fraction of sp³-hybridized carbons (Fsp3) is 0.133. The first kappa shape index (κ1) is 21.5. The van der Waals surface area contributed by atoms with Crippen molar-refractivity contribution in [3.63, 3.8) is 0 Å². The largest absolute Gasteiger partial charge is 0.497 e. The molecule has 0 radical (unpaired) electrons. The first-order valence-corrected chi connectivity index (χ1v) is 10.9. The van der Waals surface area contributed by atoms with Gasteiger partial charge in [0.2, 0.25) is 0 Å². The van der Waals surface area contributed by atoms with Gasteiger partial charge in [-0.25, -0.2) is 0 Å². The molecule has 4 aromatic carbocycles. The van der Waals surface area contributed by atoms with Crippen molar-refractivity contribution >= 4 is 29.2 Å². The summed E-state index contributed by atoms with van der Waals surface area (Å²) in [5.41, 5.74) is 9.72. The quantitative estimate of drug-likeness (QED) is 0.292. The number of benzene rings is 4. The van der Waals surface area contributed by atoms with Crippen LogP contribution in [-0.4, -0.2) is 7.11 Å². The van der Waals surface area contributed by atoms with Crippen LogP contribution in [0, 0.1) is 20.8 Å². The molecular weight excluding hydrogens is 390 g/mol. The Morgan fingerprint density at radius 2 is 1.16 bits per heavy atom. The molecule has 0 heterocycles. The molecule has 0 aliphatic rings. The summed E-state index contributed by atoms with van der Waals surface area (Å²) in [7, 11) is 1.69. The first-order valence-electron chi connectivity index (χ1n) is 10.9. The van der Waals surface area contributed by atoms with Gasteiger partial charge in [0.15, 0.2) is 0 Å². The highest BCUT2D eigenvalue weighted by Gasteiger charge is 2.12. The fourth-order valence-electron chi connectivity index (χ4n) is 3.84. The zero-order chi connectivity index (χ0) is 22.5. The number of ether oxygens (including phenoxy) is 1. The molecule has 0 aliphatic heterocycles. The van der Waals surface area contributed by atoms with Crippen molar-refractivity contribution in [1.29, 1.82) is 0 Å². The van der Waals surface area contributed by atoms with E-state index in [0.29, 0.717) is 0 Å². The molecule has 160 valence electrons. The molecule has 0 fully saturated rings. The van der Waals surface area contributed by atoms with Crippen LogP contribution in [0.4, 0.5) is 17.1 Å². The summed E-state index contributed by atoms with van der Waals surface area (Å²) in [6, 6.07) is 31.8. The minimum Gasteiger partial charge on any atom is -0.497 e. The van der Waals surface area contributed by atoms with Crippen LogP contribution in [0.2, 0.25) is 0 Å². The van der Waals surface area contributed by atoms with E-state index in [0.717, 1.165) is 22.8 Å². The second-order valence-corrected chi connectivity index (χ2v) is 8.09. The third-order valence-corrected chi connectivity index (χ3v) is 5.83. The van der Waals surface area contributed by atoms with E-state index in [1.165, 1.54) is 27.8 Å². The lowest BCUT2D eigenvalue weighted by molar-refractivity contribution is 0.415. The molecule has 4 aromatic rings. The topological polar surface area (TPSA) is 12.5 Å². The van der Waals surface area contributed by atoms with E-state index in [1.54, 1.807) is 7.11 Å². The molecule has 4 rings (SSSR count). The lowest BCUT2D eigenvalue weighted by Crippen LogP contribution is -2.09. The third kappa shape index (κ3) is 4.76. The molecule has 32 heavy (non-hydrogen) atoms. The van der Waals surface area contributed by atoms with Crippen LogP contribution in [0.15, 0.2) is 91.0 Å². The number of hydrogen-bond donors (Lipinski definition) is 0. The Hall–Kier alpha value is -3.78. The van der Waals surface area contributed by atoms with Gasteiger partial charge in [-0.2, -0.15) is 0 Å². The van der Waals surface area contributed by atoms with Crippen molar-refractivity contribution in [2.24, 2.45) is 0 Å². The Kier molecular flexibility index (Phi) is 6.42. The van der Waals surface area contributed by atoms with E-state index < -0.39 is 0 Å². The summed E-state index contributed by atoms with van der Waals surface area (Å²) in [6.45, 7) is 6.50. The summed E-state index contributed by atoms with van der Waals surface area (Å²) < 4.78 is 5.34. The van der Waals surface area contributed by atoms with Crippen LogP contribution in [-0.2, 0) is 0 Å².